The van der Waals surface area contributed by atoms with Crippen molar-refractivity contribution < 1.29 is 9.21 Å². The number of rotatable bonds is 2. The standard InChI is InChI=1S/C12H11BrN2O2/c13-6-8-5-11(16)15(7-8)12-14-9-3-1-2-4-10(9)17-12/h1-4,8H,5-7H2. The van der Waals surface area contributed by atoms with Crippen molar-refractivity contribution in [2.75, 3.05) is 16.8 Å². The molecule has 1 aromatic heterocycles. The highest BCUT2D eigenvalue weighted by Crippen LogP contribution is 2.28. The van der Waals surface area contributed by atoms with Gasteiger partial charge < -0.3 is 4.42 Å². The van der Waals surface area contributed by atoms with Crippen LogP contribution in [-0.4, -0.2) is 22.8 Å². The van der Waals surface area contributed by atoms with Crippen LogP contribution in [0.15, 0.2) is 28.7 Å². The van der Waals surface area contributed by atoms with E-state index in [-0.39, 0.29) is 5.91 Å². The van der Waals surface area contributed by atoms with Crippen LogP contribution in [-0.2, 0) is 4.79 Å². The number of aromatic nitrogens is 1. The first-order valence-corrected chi connectivity index (χ1v) is 6.62. The Labute approximate surface area is 107 Å². The number of carbonyl (C=O) groups is 1. The highest BCUT2D eigenvalue weighted by Gasteiger charge is 2.32. The van der Waals surface area contributed by atoms with Crippen LogP contribution in [0.25, 0.3) is 11.1 Å². The second kappa shape index (κ2) is 4.14. The van der Waals surface area contributed by atoms with E-state index >= 15 is 0 Å². The highest BCUT2D eigenvalue weighted by atomic mass is 79.9. The molecule has 0 spiro atoms. The molecule has 5 heteroatoms. The normalized spacial score (nSPS) is 20.4. The molecule has 1 saturated heterocycles. The Morgan fingerprint density at radius 2 is 2.29 bits per heavy atom. The van der Waals surface area contributed by atoms with Crippen molar-refractivity contribution in [3.63, 3.8) is 0 Å². The number of nitrogens with zero attached hydrogens (tertiary/aromatic N) is 2. The zero-order valence-electron chi connectivity index (χ0n) is 9.10. The predicted molar refractivity (Wildman–Crippen MR) is 68.3 cm³/mol. The third kappa shape index (κ3) is 1.84. The highest BCUT2D eigenvalue weighted by molar-refractivity contribution is 9.09. The van der Waals surface area contributed by atoms with E-state index in [2.05, 4.69) is 20.9 Å². The van der Waals surface area contributed by atoms with E-state index in [1.165, 1.54) is 0 Å². The van der Waals surface area contributed by atoms with E-state index in [0.29, 0.717) is 24.9 Å². The summed E-state index contributed by atoms with van der Waals surface area (Å²) >= 11 is 3.41. The van der Waals surface area contributed by atoms with Gasteiger partial charge in [-0.2, -0.15) is 4.98 Å². The molecule has 0 N–H and O–H groups in total. The van der Waals surface area contributed by atoms with Gasteiger partial charge in [-0.3, -0.25) is 9.69 Å². The molecular weight excluding hydrogens is 284 g/mol. The lowest BCUT2D eigenvalue weighted by molar-refractivity contribution is -0.117. The number of para-hydroxylation sites is 2. The minimum absolute atomic E-state index is 0.0843. The van der Waals surface area contributed by atoms with Crippen molar-refractivity contribution in [3.8, 4) is 0 Å². The number of anilines is 1. The smallest absolute Gasteiger partial charge is 0.305 e. The summed E-state index contributed by atoms with van der Waals surface area (Å²) < 4.78 is 5.59. The van der Waals surface area contributed by atoms with E-state index in [0.717, 1.165) is 16.4 Å². The Morgan fingerprint density at radius 1 is 1.47 bits per heavy atom. The van der Waals surface area contributed by atoms with Gasteiger partial charge in [-0.25, -0.2) is 0 Å². The topological polar surface area (TPSA) is 46.3 Å². The lowest BCUT2D eigenvalue weighted by atomic mass is 10.2. The quantitative estimate of drug-likeness (QED) is 0.800. The van der Waals surface area contributed by atoms with Gasteiger partial charge in [0.15, 0.2) is 5.58 Å². The van der Waals surface area contributed by atoms with Gasteiger partial charge in [0.05, 0.1) is 0 Å². The first-order chi connectivity index (χ1) is 8.28. The zero-order chi connectivity index (χ0) is 11.8. The van der Waals surface area contributed by atoms with E-state index in [9.17, 15) is 4.79 Å². The third-order valence-electron chi connectivity index (χ3n) is 2.94. The number of carbonyl (C=O) groups excluding carboxylic acids is 1. The average Bonchev–Trinajstić information content (AvgIpc) is 2.91. The lowest BCUT2D eigenvalue weighted by Gasteiger charge is -2.10. The molecule has 2 aromatic rings. The van der Waals surface area contributed by atoms with Gasteiger partial charge in [0.2, 0.25) is 5.91 Å². The van der Waals surface area contributed by atoms with Crippen molar-refractivity contribution in [3.05, 3.63) is 24.3 Å². The molecular formula is C12H11BrN2O2. The molecule has 2 heterocycles. The summed E-state index contributed by atoms with van der Waals surface area (Å²) in [5, 5.41) is 0.829. The molecule has 88 valence electrons. The van der Waals surface area contributed by atoms with Crippen molar-refractivity contribution >= 4 is 39.0 Å². The second-order valence-corrected chi connectivity index (χ2v) is 4.84. The van der Waals surface area contributed by atoms with Crippen LogP contribution in [0.3, 0.4) is 0 Å². The van der Waals surface area contributed by atoms with Gasteiger partial charge in [-0.05, 0) is 18.1 Å². The largest absolute Gasteiger partial charge is 0.423 e. The Hall–Kier alpha value is -1.36. The Balaban J connectivity index is 1.96. The van der Waals surface area contributed by atoms with E-state index < -0.39 is 0 Å². The molecule has 1 atom stereocenters. The van der Waals surface area contributed by atoms with Gasteiger partial charge in [0.1, 0.15) is 5.52 Å². The third-order valence-corrected chi connectivity index (χ3v) is 3.85. The van der Waals surface area contributed by atoms with Gasteiger partial charge in [-0.15, -0.1) is 0 Å². The minimum Gasteiger partial charge on any atom is -0.423 e. The number of hydrogen-bond donors (Lipinski definition) is 0. The van der Waals surface area contributed by atoms with Crippen molar-refractivity contribution in [2.45, 2.75) is 6.42 Å². The molecule has 3 rings (SSSR count). The SMILES string of the molecule is O=C1CC(CBr)CN1c1nc2ccccc2o1. The zero-order valence-corrected chi connectivity index (χ0v) is 10.7. The molecule has 1 aliphatic rings. The molecule has 1 fully saturated rings. The second-order valence-electron chi connectivity index (χ2n) is 4.19. The average molecular weight is 295 g/mol. The van der Waals surface area contributed by atoms with Crippen molar-refractivity contribution in [1.29, 1.82) is 0 Å². The monoisotopic (exact) mass is 294 g/mol. The van der Waals surface area contributed by atoms with Gasteiger partial charge in [0.25, 0.3) is 0 Å². The number of benzene rings is 1. The molecule has 1 amide bonds. The first-order valence-electron chi connectivity index (χ1n) is 5.50. The van der Waals surface area contributed by atoms with E-state index in [1.807, 2.05) is 24.3 Å². The predicted octanol–water partition coefficient (Wildman–Crippen LogP) is 2.58. The number of alkyl halides is 1. The maximum Gasteiger partial charge on any atom is 0.305 e. The molecule has 1 aromatic carbocycles. The molecule has 0 aliphatic carbocycles. The summed E-state index contributed by atoms with van der Waals surface area (Å²) in [6, 6.07) is 7.95. The Morgan fingerprint density at radius 3 is 3.00 bits per heavy atom. The molecule has 0 saturated carbocycles. The van der Waals surface area contributed by atoms with Crippen LogP contribution in [0.2, 0.25) is 0 Å². The first kappa shape index (κ1) is 10.8. The lowest BCUT2D eigenvalue weighted by Crippen LogP contribution is -2.24. The van der Waals surface area contributed by atoms with Crippen LogP contribution in [0.4, 0.5) is 6.01 Å². The molecule has 0 bridgehead atoms. The van der Waals surface area contributed by atoms with Crippen LogP contribution in [0.5, 0.6) is 0 Å². The summed E-state index contributed by atoms with van der Waals surface area (Å²) in [6.45, 7) is 0.677. The van der Waals surface area contributed by atoms with Crippen LogP contribution in [0, 0.1) is 5.92 Å². The maximum atomic E-state index is 11.8. The Bertz CT molecular complexity index is 533. The number of halogens is 1. The number of amides is 1. The fourth-order valence-electron chi connectivity index (χ4n) is 2.05. The van der Waals surface area contributed by atoms with Gasteiger partial charge in [-0.1, -0.05) is 28.1 Å². The Kier molecular flexibility index (Phi) is 2.63. The number of fused-ring (bicyclic) bond motifs is 1. The van der Waals surface area contributed by atoms with Crippen LogP contribution < -0.4 is 4.90 Å². The van der Waals surface area contributed by atoms with Gasteiger partial charge in [0, 0.05) is 18.3 Å². The maximum absolute atomic E-state index is 11.8. The number of oxazole rings is 1. The summed E-state index contributed by atoms with van der Waals surface area (Å²) in [5.41, 5.74) is 1.51. The molecule has 1 unspecified atom stereocenters. The fraction of sp³-hybridized carbons (Fsp3) is 0.333. The summed E-state index contributed by atoms with van der Waals surface area (Å²) in [4.78, 5) is 17.8. The summed E-state index contributed by atoms with van der Waals surface area (Å²) in [7, 11) is 0. The molecule has 17 heavy (non-hydrogen) atoms. The number of hydrogen-bond acceptors (Lipinski definition) is 3. The molecule has 4 nitrogen and oxygen atoms in total. The van der Waals surface area contributed by atoms with E-state index in [4.69, 9.17) is 4.42 Å². The van der Waals surface area contributed by atoms with Gasteiger partial charge >= 0.3 is 6.01 Å². The van der Waals surface area contributed by atoms with Crippen LogP contribution in [0.1, 0.15) is 6.42 Å². The van der Waals surface area contributed by atoms with Crippen molar-refractivity contribution in [2.24, 2.45) is 5.92 Å². The fourth-order valence-corrected chi connectivity index (χ4v) is 2.48. The minimum atomic E-state index is 0.0843. The molecule has 1 aliphatic heterocycles. The van der Waals surface area contributed by atoms with Crippen molar-refractivity contribution in [1.82, 2.24) is 4.98 Å². The summed E-state index contributed by atoms with van der Waals surface area (Å²) in [5.74, 6) is 0.429. The van der Waals surface area contributed by atoms with E-state index in [1.54, 1.807) is 4.90 Å². The molecule has 0 radical (unpaired) electrons. The summed E-state index contributed by atoms with van der Waals surface area (Å²) in [6.07, 6.45) is 0.559. The van der Waals surface area contributed by atoms with Crippen LogP contribution >= 0.6 is 15.9 Å².